The Morgan fingerprint density at radius 2 is 2.16 bits per heavy atom. The number of nitrogens with zero attached hydrogens (tertiary/aromatic N) is 1. The molecule has 25 heavy (non-hydrogen) atoms. The molecule has 1 aromatic rings. The van der Waals surface area contributed by atoms with Gasteiger partial charge in [-0.3, -0.25) is 9.59 Å². The molecule has 0 spiro atoms. The fourth-order valence-electron chi connectivity index (χ4n) is 2.79. The number of amides is 1. The van der Waals surface area contributed by atoms with Crippen molar-refractivity contribution in [3.05, 3.63) is 42.5 Å². The molecule has 1 amide bonds. The highest BCUT2D eigenvalue weighted by atomic mass is 32.2. The number of hydrogen-bond donors (Lipinski definition) is 2. The number of piperidine rings is 1. The molecule has 0 aliphatic carbocycles. The van der Waals surface area contributed by atoms with Gasteiger partial charge in [0.1, 0.15) is 0 Å². The van der Waals surface area contributed by atoms with E-state index in [4.69, 9.17) is 0 Å². The van der Waals surface area contributed by atoms with Crippen molar-refractivity contribution in [2.24, 2.45) is 5.41 Å². The van der Waals surface area contributed by atoms with Crippen LogP contribution in [0.3, 0.4) is 0 Å². The average molecular weight is 366 g/mol. The van der Waals surface area contributed by atoms with Crippen molar-refractivity contribution in [1.82, 2.24) is 9.62 Å². The Bertz CT molecular complexity index is 790. The van der Waals surface area contributed by atoms with E-state index in [9.17, 15) is 23.1 Å². The molecule has 1 atom stereocenters. The maximum absolute atomic E-state index is 12.9. The lowest BCUT2D eigenvalue weighted by atomic mass is 9.83. The normalized spacial score (nSPS) is 21.5. The van der Waals surface area contributed by atoms with Gasteiger partial charge in [0.2, 0.25) is 10.0 Å². The molecule has 0 saturated carbocycles. The maximum atomic E-state index is 12.9. The molecule has 0 radical (unpaired) electrons. The van der Waals surface area contributed by atoms with Crippen LogP contribution in [0.5, 0.6) is 0 Å². The van der Waals surface area contributed by atoms with E-state index in [1.165, 1.54) is 34.6 Å². The number of nitrogens with one attached hydrogen (secondary N) is 1. The number of carboxylic acids is 1. The van der Waals surface area contributed by atoms with Crippen LogP contribution in [-0.4, -0.2) is 49.3 Å². The zero-order chi connectivity index (χ0) is 18.7. The Balaban J connectivity index is 2.29. The highest BCUT2D eigenvalue weighted by molar-refractivity contribution is 7.89. The third-order valence-electron chi connectivity index (χ3n) is 4.32. The largest absolute Gasteiger partial charge is 0.481 e. The molecule has 8 heteroatoms. The van der Waals surface area contributed by atoms with Crippen molar-refractivity contribution in [3.63, 3.8) is 0 Å². The van der Waals surface area contributed by atoms with Crippen molar-refractivity contribution < 1.29 is 23.1 Å². The van der Waals surface area contributed by atoms with E-state index >= 15 is 0 Å². The van der Waals surface area contributed by atoms with Gasteiger partial charge in [-0.2, -0.15) is 4.31 Å². The summed E-state index contributed by atoms with van der Waals surface area (Å²) in [4.78, 5) is 23.4. The van der Waals surface area contributed by atoms with Gasteiger partial charge in [-0.05, 0) is 38.0 Å². The molecule has 0 bridgehead atoms. The van der Waals surface area contributed by atoms with Crippen LogP contribution in [0.2, 0.25) is 0 Å². The minimum atomic E-state index is -3.87. The monoisotopic (exact) mass is 366 g/mol. The number of benzene rings is 1. The van der Waals surface area contributed by atoms with E-state index < -0.39 is 27.3 Å². The summed E-state index contributed by atoms with van der Waals surface area (Å²) in [5.41, 5.74) is -0.884. The number of sulfonamides is 1. The molecule has 1 aliphatic heterocycles. The fraction of sp³-hybridized carbons (Fsp3) is 0.412. The predicted octanol–water partition coefficient (Wildman–Crippen LogP) is 1.48. The van der Waals surface area contributed by atoms with Gasteiger partial charge in [-0.1, -0.05) is 12.1 Å². The van der Waals surface area contributed by atoms with Crippen molar-refractivity contribution in [1.29, 1.82) is 0 Å². The minimum Gasteiger partial charge on any atom is -0.481 e. The Labute approximate surface area is 147 Å². The molecule has 7 nitrogen and oxygen atoms in total. The van der Waals surface area contributed by atoms with Crippen LogP contribution in [0.25, 0.3) is 0 Å². The van der Waals surface area contributed by atoms with Crippen molar-refractivity contribution >= 4 is 21.9 Å². The molecule has 1 fully saturated rings. The number of carbonyl (C=O) groups is 2. The molecule has 2 rings (SSSR count). The van der Waals surface area contributed by atoms with Gasteiger partial charge in [0.05, 0.1) is 10.3 Å². The highest BCUT2D eigenvalue weighted by Gasteiger charge is 2.42. The predicted molar refractivity (Wildman–Crippen MR) is 92.7 cm³/mol. The number of carbonyl (C=O) groups excluding carboxylic acids is 1. The molecule has 2 N–H and O–H groups in total. The molecular weight excluding hydrogens is 344 g/mol. The van der Waals surface area contributed by atoms with Gasteiger partial charge in [0.25, 0.3) is 5.91 Å². The van der Waals surface area contributed by atoms with Gasteiger partial charge in [0.15, 0.2) is 0 Å². The van der Waals surface area contributed by atoms with Crippen LogP contribution in [-0.2, 0) is 14.8 Å². The van der Waals surface area contributed by atoms with Crippen LogP contribution in [0.15, 0.2) is 41.8 Å². The highest BCUT2D eigenvalue weighted by Crippen LogP contribution is 2.32. The van der Waals surface area contributed by atoms with Crippen molar-refractivity contribution in [2.45, 2.75) is 24.7 Å². The van der Waals surface area contributed by atoms with E-state index in [0.29, 0.717) is 12.8 Å². The quantitative estimate of drug-likeness (QED) is 0.742. The van der Waals surface area contributed by atoms with E-state index in [2.05, 4.69) is 11.9 Å². The number of aliphatic carboxylic acids is 1. The second-order valence-electron chi connectivity index (χ2n) is 6.33. The lowest BCUT2D eigenvalue weighted by Crippen LogP contribution is -2.48. The molecule has 1 aromatic carbocycles. The van der Waals surface area contributed by atoms with Crippen LogP contribution in [0.4, 0.5) is 0 Å². The summed E-state index contributed by atoms with van der Waals surface area (Å²) in [7, 11) is -3.87. The zero-order valence-corrected chi connectivity index (χ0v) is 14.9. The second-order valence-corrected chi connectivity index (χ2v) is 8.27. The first-order valence-electron chi connectivity index (χ1n) is 7.93. The number of hydrogen-bond acceptors (Lipinski definition) is 4. The van der Waals surface area contributed by atoms with E-state index in [1.54, 1.807) is 6.92 Å². The third-order valence-corrected chi connectivity index (χ3v) is 6.16. The smallest absolute Gasteiger partial charge is 0.310 e. The van der Waals surface area contributed by atoms with Crippen molar-refractivity contribution in [3.8, 4) is 0 Å². The van der Waals surface area contributed by atoms with Crippen LogP contribution in [0, 0.1) is 5.41 Å². The Hall–Kier alpha value is -2.19. The SMILES string of the molecule is C=CCNC(=O)c1cccc(S(=O)(=O)N2CCCC(C)(C(=O)O)C2)c1. The van der Waals surface area contributed by atoms with Crippen LogP contribution >= 0.6 is 0 Å². The third kappa shape index (κ3) is 4.08. The Morgan fingerprint density at radius 1 is 1.44 bits per heavy atom. The summed E-state index contributed by atoms with van der Waals surface area (Å²) in [6.07, 6.45) is 2.43. The van der Waals surface area contributed by atoms with Crippen LogP contribution in [0.1, 0.15) is 30.1 Å². The summed E-state index contributed by atoms with van der Waals surface area (Å²) in [6, 6.07) is 5.73. The first-order valence-corrected chi connectivity index (χ1v) is 9.37. The summed E-state index contributed by atoms with van der Waals surface area (Å²) in [6.45, 7) is 5.51. The summed E-state index contributed by atoms with van der Waals surface area (Å²) < 4.78 is 26.9. The van der Waals surface area contributed by atoms with E-state index in [-0.39, 0.29) is 30.1 Å². The topological polar surface area (TPSA) is 104 Å². The maximum Gasteiger partial charge on any atom is 0.310 e. The van der Waals surface area contributed by atoms with Gasteiger partial charge in [-0.15, -0.1) is 6.58 Å². The van der Waals surface area contributed by atoms with Gasteiger partial charge >= 0.3 is 5.97 Å². The van der Waals surface area contributed by atoms with Crippen LogP contribution < -0.4 is 5.32 Å². The molecule has 1 unspecified atom stereocenters. The summed E-state index contributed by atoms with van der Waals surface area (Å²) in [5.74, 6) is -1.41. The zero-order valence-electron chi connectivity index (χ0n) is 14.1. The number of carboxylic acid groups (broad SMARTS) is 1. The Morgan fingerprint density at radius 3 is 2.80 bits per heavy atom. The molecule has 1 saturated heterocycles. The lowest BCUT2D eigenvalue weighted by molar-refractivity contribution is -0.150. The number of rotatable bonds is 6. The summed E-state index contributed by atoms with van der Waals surface area (Å²) >= 11 is 0. The second kappa shape index (κ2) is 7.37. The first kappa shape index (κ1) is 19.1. The van der Waals surface area contributed by atoms with Crippen molar-refractivity contribution in [2.75, 3.05) is 19.6 Å². The average Bonchev–Trinajstić information content (AvgIpc) is 2.59. The van der Waals surface area contributed by atoms with Gasteiger partial charge in [-0.25, -0.2) is 8.42 Å². The molecule has 1 heterocycles. The first-order chi connectivity index (χ1) is 11.7. The fourth-order valence-corrected chi connectivity index (χ4v) is 4.44. The molecule has 136 valence electrons. The summed E-state index contributed by atoms with van der Waals surface area (Å²) in [5, 5.41) is 12.0. The molecule has 0 aromatic heterocycles. The van der Waals surface area contributed by atoms with E-state index in [0.717, 1.165) is 0 Å². The van der Waals surface area contributed by atoms with Gasteiger partial charge in [0, 0.05) is 25.2 Å². The molecular formula is C17H22N2O5S. The minimum absolute atomic E-state index is 0.0200. The van der Waals surface area contributed by atoms with E-state index in [1.807, 2.05) is 0 Å². The van der Waals surface area contributed by atoms with Gasteiger partial charge < -0.3 is 10.4 Å². The lowest BCUT2D eigenvalue weighted by Gasteiger charge is -2.36. The Kier molecular flexibility index (Phi) is 5.64. The standard InChI is InChI=1S/C17H22N2O5S/c1-3-9-18-15(20)13-6-4-7-14(11-13)25(23,24)19-10-5-8-17(2,12-19)16(21)22/h3-4,6-7,11H,1,5,8-10,12H2,2H3,(H,18,20)(H,21,22). The molecule has 1 aliphatic rings.